The van der Waals surface area contributed by atoms with E-state index < -0.39 is 19.9 Å². The van der Waals surface area contributed by atoms with Crippen molar-refractivity contribution >= 4 is 19.9 Å². The number of hydrogen-bond acceptors (Lipinski definition) is 5. The van der Waals surface area contributed by atoms with Crippen LogP contribution in [0.25, 0.3) is 0 Å². The number of rotatable bonds is 4. The average molecular weight is 332 g/mol. The van der Waals surface area contributed by atoms with Gasteiger partial charge in [0.1, 0.15) is 0 Å². The van der Waals surface area contributed by atoms with Gasteiger partial charge in [0, 0.05) is 25.9 Å². The number of sulfone groups is 1. The Balaban J connectivity index is 2.26. The third kappa shape index (κ3) is 3.63. The van der Waals surface area contributed by atoms with E-state index in [-0.39, 0.29) is 15.8 Å². The van der Waals surface area contributed by atoms with Crippen LogP contribution >= 0.6 is 0 Å². The molecule has 1 saturated heterocycles. The molecule has 2 rings (SSSR count). The van der Waals surface area contributed by atoms with Crippen molar-refractivity contribution in [3.8, 4) is 0 Å². The number of nitrogens with one attached hydrogen (secondary N) is 1. The molecule has 1 aromatic carbocycles. The highest BCUT2D eigenvalue weighted by atomic mass is 32.2. The smallest absolute Gasteiger partial charge is 0.243 e. The van der Waals surface area contributed by atoms with Crippen molar-refractivity contribution in [2.24, 2.45) is 0 Å². The van der Waals surface area contributed by atoms with Gasteiger partial charge in [-0.3, -0.25) is 0 Å². The van der Waals surface area contributed by atoms with Gasteiger partial charge in [0.25, 0.3) is 0 Å². The van der Waals surface area contributed by atoms with Crippen LogP contribution in [-0.2, 0) is 19.9 Å². The molecule has 0 aromatic heterocycles. The molecule has 1 unspecified atom stereocenters. The van der Waals surface area contributed by atoms with Crippen LogP contribution in [0.2, 0.25) is 0 Å². The molecular weight excluding hydrogens is 312 g/mol. The van der Waals surface area contributed by atoms with Crippen LogP contribution in [-0.4, -0.2) is 53.6 Å². The molecule has 0 saturated carbocycles. The summed E-state index contributed by atoms with van der Waals surface area (Å²) >= 11 is 0. The van der Waals surface area contributed by atoms with Crippen LogP contribution < -0.4 is 5.32 Å². The highest BCUT2D eigenvalue weighted by Crippen LogP contribution is 2.21. The van der Waals surface area contributed by atoms with Crippen molar-refractivity contribution in [3.05, 3.63) is 24.3 Å². The molecule has 0 radical (unpaired) electrons. The summed E-state index contributed by atoms with van der Waals surface area (Å²) in [5.41, 5.74) is 0. The lowest BCUT2D eigenvalue weighted by atomic mass is 10.1. The van der Waals surface area contributed by atoms with Crippen LogP contribution in [0.3, 0.4) is 0 Å². The van der Waals surface area contributed by atoms with Crippen molar-refractivity contribution in [2.45, 2.75) is 28.7 Å². The minimum absolute atomic E-state index is 0.0710. The number of hydrogen-bond donors (Lipinski definition) is 1. The second-order valence-corrected chi connectivity index (χ2v) is 9.28. The first kappa shape index (κ1) is 16.4. The molecule has 0 bridgehead atoms. The van der Waals surface area contributed by atoms with E-state index in [9.17, 15) is 16.8 Å². The second-order valence-electron chi connectivity index (χ2n) is 5.26. The van der Waals surface area contributed by atoms with Crippen molar-refractivity contribution in [3.63, 3.8) is 0 Å². The molecule has 0 amide bonds. The third-order valence-electron chi connectivity index (χ3n) is 3.71. The predicted octanol–water partition coefficient (Wildman–Crippen LogP) is 0.463. The molecule has 0 spiro atoms. The first-order valence-corrected chi connectivity index (χ1v) is 10.0. The summed E-state index contributed by atoms with van der Waals surface area (Å²) in [5.74, 6) is 0. The lowest BCUT2D eigenvalue weighted by Gasteiger charge is -2.30. The Morgan fingerprint density at radius 3 is 2.14 bits per heavy atom. The Morgan fingerprint density at radius 1 is 1.10 bits per heavy atom. The molecule has 6 nitrogen and oxygen atoms in total. The lowest BCUT2D eigenvalue weighted by Crippen LogP contribution is -2.46. The Morgan fingerprint density at radius 2 is 1.67 bits per heavy atom. The lowest BCUT2D eigenvalue weighted by molar-refractivity contribution is 0.300. The molecule has 0 aliphatic carbocycles. The van der Waals surface area contributed by atoms with Gasteiger partial charge in [0.2, 0.25) is 10.0 Å². The predicted molar refractivity (Wildman–Crippen MR) is 80.4 cm³/mol. The largest absolute Gasteiger partial charge is 0.315 e. The topological polar surface area (TPSA) is 83.6 Å². The van der Waals surface area contributed by atoms with E-state index in [0.29, 0.717) is 6.54 Å². The summed E-state index contributed by atoms with van der Waals surface area (Å²) in [6.07, 6.45) is 2.86. The zero-order valence-electron chi connectivity index (χ0n) is 12.1. The zero-order valence-corrected chi connectivity index (χ0v) is 13.7. The minimum Gasteiger partial charge on any atom is -0.315 e. The normalized spacial score (nSPS) is 20.6. The van der Waals surface area contributed by atoms with E-state index in [1.54, 1.807) is 7.05 Å². The minimum atomic E-state index is -3.60. The monoisotopic (exact) mass is 332 g/mol. The molecule has 1 N–H and O–H groups in total. The Bertz CT molecular complexity index is 690. The van der Waals surface area contributed by atoms with Gasteiger partial charge >= 0.3 is 0 Å². The molecule has 1 fully saturated rings. The third-order valence-corrected chi connectivity index (χ3v) is 6.77. The van der Waals surface area contributed by atoms with Crippen LogP contribution in [0.4, 0.5) is 0 Å². The number of sulfonamides is 1. The van der Waals surface area contributed by atoms with Crippen molar-refractivity contribution < 1.29 is 16.8 Å². The summed E-state index contributed by atoms with van der Waals surface area (Å²) in [4.78, 5) is 0.228. The van der Waals surface area contributed by atoms with E-state index >= 15 is 0 Å². The fourth-order valence-corrected chi connectivity index (χ4v) is 4.38. The van der Waals surface area contributed by atoms with Crippen LogP contribution in [0, 0.1) is 0 Å². The van der Waals surface area contributed by atoms with Gasteiger partial charge in [-0.15, -0.1) is 0 Å². The van der Waals surface area contributed by atoms with Gasteiger partial charge in [0.15, 0.2) is 9.84 Å². The molecule has 1 aliphatic heterocycles. The van der Waals surface area contributed by atoms with Crippen LogP contribution in [0.15, 0.2) is 34.1 Å². The molecule has 8 heteroatoms. The summed E-state index contributed by atoms with van der Waals surface area (Å²) in [6, 6.07) is 5.28. The van der Waals surface area contributed by atoms with E-state index in [4.69, 9.17) is 0 Å². The Hall–Kier alpha value is -0.960. The second kappa shape index (κ2) is 6.04. The summed E-state index contributed by atoms with van der Waals surface area (Å²) in [7, 11) is -5.36. The van der Waals surface area contributed by atoms with Crippen molar-refractivity contribution in [1.82, 2.24) is 9.62 Å². The van der Waals surface area contributed by atoms with Crippen LogP contribution in [0.1, 0.15) is 12.8 Å². The van der Waals surface area contributed by atoms with Gasteiger partial charge in [-0.2, -0.15) is 4.31 Å². The van der Waals surface area contributed by atoms with Gasteiger partial charge in [-0.25, -0.2) is 16.8 Å². The molecule has 118 valence electrons. The highest BCUT2D eigenvalue weighted by molar-refractivity contribution is 7.90. The maximum Gasteiger partial charge on any atom is 0.243 e. The van der Waals surface area contributed by atoms with Gasteiger partial charge in [-0.05, 0) is 43.7 Å². The first-order chi connectivity index (χ1) is 9.73. The van der Waals surface area contributed by atoms with Gasteiger partial charge in [-0.1, -0.05) is 0 Å². The summed E-state index contributed by atoms with van der Waals surface area (Å²) in [6.45, 7) is 1.55. The zero-order chi connectivity index (χ0) is 15.7. The van der Waals surface area contributed by atoms with Gasteiger partial charge in [0.05, 0.1) is 9.79 Å². The maximum absolute atomic E-state index is 12.5. The van der Waals surface area contributed by atoms with Gasteiger partial charge < -0.3 is 5.32 Å². The number of piperidine rings is 1. The Kier molecular flexibility index (Phi) is 4.72. The van der Waals surface area contributed by atoms with E-state index in [2.05, 4.69) is 5.32 Å². The molecule has 1 heterocycles. The van der Waals surface area contributed by atoms with E-state index in [1.807, 2.05) is 0 Å². The van der Waals surface area contributed by atoms with E-state index in [0.717, 1.165) is 25.6 Å². The Labute approximate surface area is 126 Å². The number of nitrogens with zero attached hydrogens (tertiary/aromatic N) is 1. The summed E-state index contributed by atoms with van der Waals surface area (Å²) in [5, 5.41) is 3.18. The standard InChI is InChI=1S/C13H20N2O4S2/c1-15(11-4-3-9-14-10-11)21(18,19)13-7-5-12(6-8-13)20(2,16)17/h5-8,11,14H,3-4,9-10H2,1-2H3. The first-order valence-electron chi connectivity index (χ1n) is 6.72. The maximum atomic E-state index is 12.5. The molecular formula is C13H20N2O4S2. The molecule has 1 atom stereocenters. The SMILES string of the molecule is CN(C1CCCNC1)S(=O)(=O)c1ccc(S(C)(=O)=O)cc1. The number of likely N-dealkylation sites (N-methyl/N-ethyl adjacent to an activating group) is 1. The van der Waals surface area contributed by atoms with E-state index in [1.165, 1.54) is 28.6 Å². The fourth-order valence-electron chi connectivity index (χ4n) is 2.37. The van der Waals surface area contributed by atoms with Crippen LogP contribution in [0.5, 0.6) is 0 Å². The summed E-state index contributed by atoms with van der Waals surface area (Å²) < 4.78 is 49.3. The van der Waals surface area contributed by atoms with Crippen molar-refractivity contribution in [2.75, 3.05) is 26.4 Å². The number of benzene rings is 1. The fraction of sp³-hybridized carbons (Fsp3) is 0.538. The molecule has 1 aliphatic rings. The molecule has 21 heavy (non-hydrogen) atoms. The average Bonchev–Trinajstić information content (AvgIpc) is 2.46. The highest BCUT2D eigenvalue weighted by Gasteiger charge is 2.29. The van der Waals surface area contributed by atoms with Crippen molar-refractivity contribution in [1.29, 1.82) is 0 Å². The quantitative estimate of drug-likeness (QED) is 0.866. The molecule has 1 aromatic rings.